The number of hydrogen-bond acceptors (Lipinski definition) is 3. The highest BCUT2D eigenvalue weighted by Gasteiger charge is 2.16. The normalized spacial score (nSPS) is 14.2. The predicted octanol–water partition coefficient (Wildman–Crippen LogP) is 3.15. The highest BCUT2D eigenvalue weighted by atomic mass is 16.5. The molecule has 0 aromatic heterocycles. The minimum absolute atomic E-state index is 0.289. The lowest BCUT2D eigenvalue weighted by molar-refractivity contribution is -0.137. The van der Waals surface area contributed by atoms with Crippen LogP contribution in [0.5, 0.6) is 5.75 Å². The zero-order chi connectivity index (χ0) is 13.7. The molecule has 0 bridgehead atoms. The van der Waals surface area contributed by atoms with E-state index in [1.807, 2.05) is 18.2 Å². The molecule has 0 fully saturated rings. The molecule has 0 unspecified atom stereocenters. The predicted molar refractivity (Wildman–Crippen MR) is 75.3 cm³/mol. The van der Waals surface area contributed by atoms with Crippen LogP contribution in [0.2, 0.25) is 0 Å². The van der Waals surface area contributed by atoms with Gasteiger partial charge in [0.05, 0.1) is 13.7 Å². The second-order valence-electron chi connectivity index (χ2n) is 4.61. The van der Waals surface area contributed by atoms with Crippen LogP contribution in [0.25, 0.3) is 6.08 Å². The van der Waals surface area contributed by atoms with E-state index in [1.54, 1.807) is 14.0 Å². The van der Waals surface area contributed by atoms with E-state index >= 15 is 0 Å². The van der Waals surface area contributed by atoms with Crippen LogP contribution >= 0.6 is 0 Å². The van der Waals surface area contributed by atoms with E-state index in [1.165, 1.54) is 30.0 Å². The van der Waals surface area contributed by atoms with Crippen molar-refractivity contribution in [3.8, 4) is 5.75 Å². The summed E-state index contributed by atoms with van der Waals surface area (Å²) in [5.74, 6) is 0.672. The summed E-state index contributed by atoms with van der Waals surface area (Å²) in [6.45, 7) is 2.21. The van der Waals surface area contributed by atoms with E-state index in [2.05, 4.69) is 0 Å². The number of ether oxygens (including phenoxy) is 2. The second kappa shape index (κ2) is 6.41. The molecule has 0 N–H and O–H groups in total. The van der Waals surface area contributed by atoms with Crippen LogP contribution in [-0.4, -0.2) is 19.7 Å². The molecule has 0 aliphatic heterocycles. The molecule has 3 heteroatoms. The minimum atomic E-state index is -0.289. The molecule has 1 aliphatic carbocycles. The summed E-state index contributed by atoms with van der Waals surface area (Å²) >= 11 is 0. The van der Waals surface area contributed by atoms with Gasteiger partial charge in [0.1, 0.15) is 5.75 Å². The fourth-order valence-corrected chi connectivity index (χ4v) is 2.56. The van der Waals surface area contributed by atoms with Crippen LogP contribution in [0.4, 0.5) is 0 Å². The molecule has 0 spiro atoms. The Kier molecular flexibility index (Phi) is 4.61. The van der Waals surface area contributed by atoms with E-state index < -0.39 is 0 Å². The van der Waals surface area contributed by atoms with E-state index in [4.69, 9.17) is 9.47 Å². The van der Waals surface area contributed by atoms with Gasteiger partial charge in [-0.25, -0.2) is 4.79 Å². The van der Waals surface area contributed by atoms with Crippen LogP contribution < -0.4 is 4.74 Å². The van der Waals surface area contributed by atoms with Gasteiger partial charge in [0, 0.05) is 6.08 Å². The lowest BCUT2D eigenvalue weighted by atomic mass is 9.87. The fraction of sp³-hybridized carbons (Fsp3) is 0.438. The topological polar surface area (TPSA) is 35.5 Å². The van der Waals surface area contributed by atoms with Crippen LogP contribution in [0, 0.1) is 0 Å². The first-order valence-corrected chi connectivity index (χ1v) is 6.79. The van der Waals surface area contributed by atoms with Gasteiger partial charge >= 0.3 is 5.97 Å². The van der Waals surface area contributed by atoms with Crippen molar-refractivity contribution >= 4 is 12.0 Å². The molecule has 1 aromatic rings. The number of methoxy groups -OCH3 is 1. The molecule has 0 heterocycles. The van der Waals surface area contributed by atoms with Crippen molar-refractivity contribution in [2.75, 3.05) is 13.7 Å². The Labute approximate surface area is 114 Å². The Bertz CT molecular complexity index is 489. The van der Waals surface area contributed by atoms with Crippen molar-refractivity contribution in [3.63, 3.8) is 0 Å². The van der Waals surface area contributed by atoms with Crippen molar-refractivity contribution in [2.45, 2.75) is 32.6 Å². The SMILES string of the molecule is CCOC(=O)/C=C/c1ccc(OC)c2c1CCCC2. The molecular formula is C16H20O3. The van der Waals surface area contributed by atoms with E-state index in [0.29, 0.717) is 6.61 Å². The summed E-state index contributed by atoms with van der Waals surface area (Å²) in [5.41, 5.74) is 3.70. The van der Waals surface area contributed by atoms with Gasteiger partial charge < -0.3 is 9.47 Å². The van der Waals surface area contributed by atoms with E-state index in [0.717, 1.165) is 24.2 Å². The molecular weight excluding hydrogens is 240 g/mol. The van der Waals surface area contributed by atoms with Crippen LogP contribution in [-0.2, 0) is 22.4 Å². The van der Waals surface area contributed by atoms with Crippen LogP contribution in [0.1, 0.15) is 36.5 Å². The van der Waals surface area contributed by atoms with Gasteiger partial charge in [-0.3, -0.25) is 0 Å². The maximum absolute atomic E-state index is 11.4. The minimum Gasteiger partial charge on any atom is -0.496 e. The first-order chi connectivity index (χ1) is 9.26. The summed E-state index contributed by atoms with van der Waals surface area (Å²) in [5, 5.41) is 0. The summed E-state index contributed by atoms with van der Waals surface area (Å²) in [6.07, 6.45) is 7.85. The first-order valence-electron chi connectivity index (χ1n) is 6.79. The van der Waals surface area contributed by atoms with Crippen molar-refractivity contribution in [1.82, 2.24) is 0 Å². The molecule has 0 saturated carbocycles. The monoisotopic (exact) mass is 260 g/mol. The fourth-order valence-electron chi connectivity index (χ4n) is 2.56. The zero-order valence-corrected chi connectivity index (χ0v) is 11.6. The Hall–Kier alpha value is -1.77. The van der Waals surface area contributed by atoms with Crippen molar-refractivity contribution in [1.29, 1.82) is 0 Å². The summed E-state index contributed by atoms with van der Waals surface area (Å²) in [4.78, 5) is 11.4. The van der Waals surface area contributed by atoms with E-state index in [9.17, 15) is 4.79 Å². The molecule has 1 aromatic carbocycles. The quantitative estimate of drug-likeness (QED) is 0.616. The molecule has 3 nitrogen and oxygen atoms in total. The largest absolute Gasteiger partial charge is 0.496 e. The smallest absolute Gasteiger partial charge is 0.330 e. The maximum atomic E-state index is 11.4. The van der Waals surface area contributed by atoms with Gasteiger partial charge in [-0.2, -0.15) is 0 Å². The van der Waals surface area contributed by atoms with Crippen molar-refractivity contribution < 1.29 is 14.3 Å². The molecule has 2 rings (SSSR count). The molecule has 0 atom stereocenters. The average molecular weight is 260 g/mol. The molecule has 1 aliphatic rings. The zero-order valence-electron chi connectivity index (χ0n) is 11.6. The molecule has 0 radical (unpaired) electrons. The summed E-state index contributed by atoms with van der Waals surface area (Å²) in [6, 6.07) is 3.99. The highest BCUT2D eigenvalue weighted by molar-refractivity contribution is 5.87. The van der Waals surface area contributed by atoms with Crippen molar-refractivity contribution in [3.05, 3.63) is 34.9 Å². The third-order valence-corrected chi connectivity index (χ3v) is 3.43. The lowest BCUT2D eigenvalue weighted by Gasteiger charge is -2.20. The number of rotatable bonds is 4. The Morgan fingerprint density at radius 2 is 2.00 bits per heavy atom. The first kappa shape index (κ1) is 13.7. The molecule has 19 heavy (non-hydrogen) atoms. The van der Waals surface area contributed by atoms with Gasteiger partial charge in [-0.15, -0.1) is 0 Å². The Morgan fingerprint density at radius 3 is 2.68 bits per heavy atom. The summed E-state index contributed by atoms with van der Waals surface area (Å²) in [7, 11) is 1.71. The van der Waals surface area contributed by atoms with Gasteiger partial charge in [-0.05, 0) is 61.4 Å². The van der Waals surface area contributed by atoms with E-state index in [-0.39, 0.29) is 5.97 Å². The maximum Gasteiger partial charge on any atom is 0.330 e. The van der Waals surface area contributed by atoms with Gasteiger partial charge in [0.25, 0.3) is 0 Å². The van der Waals surface area contributed by atoms with Crippen LogP contribution in [0.15, 0.2) is 18.2 Å². The Morgan fingerprint density at radius 1 is 1.26 bits per heavy atom. The second-order valence-corrected chi connectivity index (χ2v) is 4.61. The third kappa shape index (κ3) is 3.16. The molecule has 0 saturated heterocycles. The standard InChI is InChI=1S/C16H20O3/c1-3-19-16(17)11-9-12-8-10-15(18-2)14-7-5-4-6-13(12)14/h8-11H,3-7H2,1-2H3/b11-9+. The number of fused-ring (bicyclic) bond motifs is 1. The number of carbonyl (C=O) groups excluding carboxylic acids is 1. The van der Waals surface area contributed by atoms with Crippen LogP contribution in [0.3, 0.4) is 0 Å². The Balaban J connectivity index is 2.29. The number of esters is 1. The lowest BCUT2D eigenvalue weighted by Crippen LogP contribution is -2.07. The van der Waals surface area contributed by atoms with Crippen molar-refractivity contribution in [2.24, 2.45) is 0 Å². The van der Waals surface area contributed by atoms with Gasteiger partial charge in [0.2, 0.25) is 0 Å². The van der Waals surface area contributed by atoms with Gasteiger partial charge in [-0.1, -0.05) is 6.07 Å². The molecule has 102 valence electrons. The number of hydrogen-bond donors (Lipinski definition) is 0. The number of carbonyl (C=O) groups is 1. The summed E-state index contributed by atoms with van der Waals surface area (Å²) < 4.78 is 10.3. The van der Waals surface area contributed by atoms with Gasteiger partial charge in [0.15, 0.2) is 0 Å². The molecule has 0 amide bonds. The highest BCUT2D eigenvalue weighted by Crippen LogP contribution is 2.32. The average Bonchev–Trinajstić information content (AvgIpc) is 2.45. The third-order valence-electron chi connectivity index (χ3n) is 3.43. The number of benzene rings is 1.